The van der Waals surface area contributed by atoms with Gasteiger partial charge in [-0.15, -0.1) is 11.8 Å². The first-order valence-corrected chi connectivity index (χ1v) is 8.07. The van der Waals surface area contributed by atoms with Crippen molar-refractivity contribution in [3.63, 3.8) is 0 Å². The SMILES string of the molecule is CCn1nc(CSc2ccc(CO)cc2)c2ccccc21. The number of thioether (sulfide) groups is 1. The van der Waals surface area contributed by atoms with Gasteiger partial charge in [-0.25, -0.2) is 0 Å². The highest BCUT2D eigenvalue weighted by Crippen LogP contribution is 2.27. The minimum atomic E-state index is 0.0937. The Morgan fingerprint density at radius 3 is 2.57 bits per heavy atom. The van der Waals surface area contributed by atoms with E-state index in [1.54, 1.807) is 11.8 Å². The van der Waals surface area contributed by atoms with E-state index in [1.165, 1.54) is 15.8 Å². The van der Waals surface area contributed by atoms with Gasteiger partial charge in [0, 0.05) is 22.6 Å². The van der Waals surface area contributed by atoms with Gasteiger partial charge in [0.2, 0.25) is 0 Å². The quantitative estimate of drug-likeness (QED) is 0.727. The number of fused-ring (bicyclic) bond motifs is 1. The molecule has 3 nitrogen and oxygen atoms in total. The summed E-state index contributed by atoms with van der Waals surface area (Å²) in [6.07, 6.45) is 0. The smallest absolute Gasteiger partial charge is 0.0805 e. The van der Waals surface area contributed by atoms with Crippen molar-refractivity contribution in [2.45, 2.75) is 30.7 Å². The summed E-state index contributed by atoms with van der Waals surface area (Å²) in [5.74, 6) is 0.853. The second kappa shape index (κ2) is 6.33. The fourth-order valence-electron chi connectivity index (χ4n) is 2.39. The summed E-state index contributed by atoms with van der Waals surface area (Å²) in [6, 6.07) is 16.4. The van der Waals surface area contributed by atoms with Crippen molar-refractivity contribution in [2.75, 3.05) is 0 Å². The number of rotatable bonds is 5. The summed E-state index contributed by atoms with van der Waals surface area (Å²) < 4.78 is 2.06. The lowest BCUT2D eigenvalue weighted by Gasteiger charge is -2.01. The van der Waals surface area contributed by atoms with E-state index in [4.69, 9.17) is 10.2 Å². The first-order chi connectivity index (χ1) is 10.3. The summed E-state index contributed by atoms with van der Waals surface area (Å²) in [7, 11) is 0. The Labute approximate surface area is 128 Å². The molecule has 3 aromatic rings. The van der Waals surface area contributed by atoms with Crippen molar-refractivity contribution in [2.24, 2.45) is 0 Å². The number of nitrogens with zero attached hydrogens (tertiary/aromatic N) is 2. The molecule has 0 bridgehead atoms. The van der Waals surface area contributed by atoms with E-state index >= 15 is 0 Å². The zero-order chi connectivity index (χ0) is 14.7. The number of aliphatic hydroxyl groups excluding tert-OH is 1. The van der Waals surface area contributed by atoms with Crippen molar-refractivity contribution < 1.29 is 5.11 Å². The number of aromatic nitrogens is 2. The van der Waals surface area contributed by atoms with Crippen LogP contribution >= 0.6 is 11.8 Å². The second-order valence-electron chi connectivity index (χ2n) is 4.87. The second-order valence-corrected chi connectivity index (χ2v) is 5.92. The fourth-order valence-corrected chi connectivity index (χ4v) is 3.23. The van der Waals surface area contributed by atoms with E-state index in [-0.39, 0.29) is 6.61 Å². The maximum Gasteiger partial charge on any atom is 0.0805 e. The third-order valence-corrected chi connectivity index (χ3v) is 4.54. The van der Waals surface area contributed by atoms with Crippen molar-refractivity contribution in [1.29, 1.82) is 0 Å². The minimum absolute atomic E-state index is 0.0937. The third-order valence-electron chi connectivity index (χ3n) is 3.52. The van der Waals surface area contributed by atoms with Gasteiger partial charge >= 0.3 is 0 Å². The molecule has 0 spiro atoms. The van der Waals surface area contributed by atoms with Gasteiger partial charge < -0.3 is 5.11 Å². The lowest BCUT2D eigenvalue weighted by Crippen LogP contribution is -1.96. The van der Waals surface area contributed by atoms with Gasteiger partial charge in [-0.3, -0.25) is 4.68 Å². The molecule has 0 unspecified atom stereocenters. The molecule has 0 saturated carbocycles. The molecular formula is C17H18N2OS. The largest absolute Gasteiger partial charge is 0.392 e. The zero-order valence-electron chi connectivity index (χ0n) is 12.0. The van der Waals surface area contributed by atoms with E-state index in [9.17, 15) is 0 Å². The van der Waals surface area contributed by atoms with Crippen LogP contribution in [0.5, 0.6) is 0 Å². The normalized spacial score (nSPS) is 11.1. The Morgan fingerprint density at radius 2 is 1.86 bits per heavy atom. The summed E-state index contributed by atoms with van der Waals surface area (Å²) in [5, 5.41) is 15.0. The first-order valence-electron chi connectivity index (χ1n) is 7.09. The average Bonchev–Trinajstić information content (AvgIpc) is 2.91. The topological polar surface area (TPSA) is 38.0 Å². The number of benzene rings is 2. The van der Waals surface area contributed by atoms with Crippen LogP contribution in [0, 0.1) is 0 Å². The number of aryl methyl sites for hydroxylation is 1. The molecule has 108 valence electrons. The van der Waals surface area contributed by atoms with Crippen LogP contribution in [0.15, 0.2) is 53.4 Å². The molecule has 1 N–H and O–H groups in total. The van der Waals surface area contributed by atoms with Crippen molar-refractivity contribution in [3.05, 3.63) is 59.8 Å². The summed E-state index contributed by atoms with van der Waals surface area (Å²) in [5.41, 5.74) is 3.27. The highest BCUT2D eigenvalue weighted by Gasteiger charge is 2.09. The molecule has 0 aliphatic rings. The molecule has 0 aliphatic carbocycles. The molecule has 1 aromatic heterocycles. The van der Waals surface area contributed by atoms with Gasteiger partial charge in [0.15, 0.2) is 0 Å². The van der Waals surface area contributed by atoms with Crippen molar-refractivity contribution in [3.8, 4) is 0 Å². The average molecular weight is 298 g/mol. The predicted octanol–water partition coefficient (Wildman–Crippen LogP) is 3.84. The summed E-state index contributed by atoms with van der Waals surface area (Å²) in [4.78, 5) is 1.20. The maximum atomic E-state index is 9.07. The van der Waals surface area contributed by atoms with Gasteiger partial charge in [-0.1, -0.05) is 30.3 Å². The van der Waals surface area contributed by atoms with Crippen LogP contribution in [0.1, 0.15) is 18.2 Å². The zero-order valence-corrected chi connectivity index (χ0v) is 12.8. The van der Waals surface area contributed by atoms with Crippen LogP contribution in [0.4, 0.5) is 0 Å². The van der Waals surface area contributed by atoms with Gasteiger partial charge in [-0.05, 0) is 30.7 Å². The lowest BCUT2D eigenvalue weighted by molar-refractivity contribution is 0.282. The molecule has 21 heavy (non-hydrogen) atoms. The molecule has 0 radical (unpaired) electrons. The van der Waals surface area contributed by atoms with Crippen molar-refractivity contribution in [1.82, 2.24) is 9.78 Å². The molecule has 3 rings (SSSR count). The number of aliphatic hydroxyl groups is 1. The van der Waals surface area contributed by atoms with Crippen LogP contribution in [0.25, 0.3) is 10.9 Å². The minimum Gasteiger partial charge on any atom is -0.392 e. The van der Waals surface area contributed by atoms with Crippen molar-refractivity contribution >= 4 is 22.7 Å². The van der Waals surface area contributed by atoms with Gasteiger partial charge in [0.05, 0.1) is 17.8 Å². The summed E-state index contributed by atoms with van der Waals surface area (Å²) in [6.45, 7) is 3.09. The van der Waals surface area contributed by atoms with Crippen LogP contribution in [0.3, 0.4) is 0 Å². The molecule has 1 heterocycles. The number of hydrogen-bond acceptors (Lipinski definition) is 3. The lowest BCUT2D eigenvalue weighted by atomic mass is 10.2. The highest BCUT2D eigenvalue weighted by atomic mass is 32.2. The van der Waals surface area contributed by atoms with Crippen LogP contribution in [-0.2, 0) is 18.9 Å². The van der Waals surface area contributed by atoms with E-state index in [2.05, 4.69) is 48.0 Å². The van der Waals surface area contributed by atoms with Crippen LogP contribution in [0.2, 0.25) is 0 Å². The summed E-state index contributed by atoms with van der Waals surface area (Å²) >= 11 is 1.77. The Kier molecular flexibility index (Phi) is 4.27. The third kappa shape index (κ3) is 2.96. The molecule has 0 saturated heterocycles. The monoisotopic (exact) mass is 298 g/mol. The van der Waals surface area contributed by atoms with E-state index in [1.807, 2.05) is 12.1 Å². The fraction of sp³-hybridized carbons (Fsp3) is 0.235. The van der Waals surface area contributed by atoms with Gasteiger partial charge in [0.1, 0.15) is 0 Å². The molecule has 0 amide bonds. The van der Waals surface area contributed by atoms with E-state index in [0.717, 1.165) is 23.6 Å². The Hall–Kier alpha value is -1.78. The Morgan fingerprint density at radius 1 is 1.10 bits per heavy atom. The van der Waals surface area contributed by atoms with Gasteiger partial charge in [-0.2, -0.15) is 5.10 Å². The predicted molar refractivity (Wildman–Crippen MR) is 87.3 cm³/mol. The van der Waals surface area contributed by atoms with E-state index < -0.39 is 0 Å². The van der Waals surface area contributed by atoms with E-state index in [0.29, 0.717) is 0 Å². The molecule has 0 aliphatic heterocycles. The number of hydrogen-bond donors (Lipinski definition) is 1. The molecule has 2 aromatic carbocycles. The highest BCUT2D eigenvalue weighted by molar-refractivity contribution is 7.98. The Balaban J connectivity index is 1.81. The molecule has 0 fully saturated rings. The number of para-hydroxylation sites is 1. The molecular weight excluding hydrogens is 280 g/mol. The van der Waals surface area contributed by atoms with Crippen LogP contribution < -0.4 is 0 Å². The maximum absolute atomic E-state index is 9.07. The van der Waals surface area contributed by atoms with Gasteiger partial charge in [0.25, 0.3) is 0 Å². The standard InChI is InChI=1S/C17H18N2OS/c1-2-19-17-6-4-3-5-15(17)16(18-19)12-21-14-9-7-13(11-20)8-10-14/h3-10,20H,2,11-12H2,1H3. The Bertz CT molecular complexity index is 734. The first kappa shape index (κ1) is 14.2. The molecule has 4 heteroatoms. The molecule has 0 atom stereocenters. The van der Waals surface area contributed by atoms with Crippen LogP contribution in [-0.4, -0.2) is 14.9 Å².